The highest BCUT2D eigenvalue weighted by atomic mass is 16.6. The molecule has 5 heteroatoms. The van der Waals surface area contributed by atoms with Gasteiger partial charge in [0.25, 0.3) is 5.69 Å². The first-order valence-corrected chi connectivity index (χ1v) is 10.0. The molecule has 2 heterocycles. The zero-order valence-corrected chi connectivity index (χ0v) is 15.7. The Morgan fingerprint density at radius 1 is 0.741 bits per heavy atom. The Balaban J connectivity index is 1.35. The molecule has 0 saturated carbocycles. The molecule has 142 valence electrons. The second-order valence-electron chi connectivity index (χ2n) is 7.67. The van der Waals surface area contributed by atoms with Crippen molar-refractivity contribution in [2.75, 3.05) is 36.0 Å². The molecule has 0 aromatic heterocycles. The summed E-state index contributed by atoms with van der Waals surface area (Å²) in [5.41, 5.74) is 4.04. The number of hydrogen-bond donors (Lipinski definition) is 0. The van der Waals surface area contributed by atoms with Gasteiger partial charge in [0, 0.05) is 49.7 Å². The average molecular weight is 365 g/mol. The molecule has 0 unspecified atom stereocenters. The maximum Gasteiger partial charge on any atom is 0.269 e. The van der Waals surface area contributed by atoms with Crippen molar-refractivity contribution >= 4 is 17.1 Å². The number of nitro benzene ring substituents is 1. The lowest BCUT2D eigenvalue weighted by molar-refractivity contribution is -0.384. The van der Waals surface area contributed by atoms with Crippen molar-refractivity contribution in [3.05, 3.63) is 64.2 Å². The number of non-ortho nitro benzene ring substituents is 1. The molecule has 0 spiro atoms. The number of anilines is 2. The van der Waals surface area contributed by atoms with Crippen molar-refractivity contribution in [3.63, 3.8) is 0 Å². The van der Waals surface area contributed by atoms with Gasteiger partial charge >= 0.3 is 0 Å². The van der Waals surface area contributed by atoms with E-state index >= 15 is 0 Å². The molecule has 2 fully saturated rings. The summed E-state index contributed by atoms with van der Waals surface area (Å²) in [6.07, 6.45) is 6.14. The van der Waals surface area contributed by atoms with Crippen LogP contribution in [0.4, 0.5) is 17.1 Å². The standard InChI is InChI=1S/C22H27N3O2/c26-25(27)22-6-4-18(5-7-22)19-12-16-24(17-13-19)21-10-8-20(9-11-21)23-14-2-1-3-15-23/h4-11,19H,1-3,12-17H2. The summed E-state index contributed by atoms with van der Waals surface area (Å²) in [6, 6.07) is 16.2. The van der Waals surface area contributed by atoms with E-state index in [0.29, 0.717) is 5.92 Å². The van der Waals surface area contributed by atoms with Crippen LogP contribution in [0.5, 0.6) is 0 Å². The number of hydrogen-bond acceptors (Lipinski definition) is 4. The van der Waals surface area contributed by atoms with E-state index in [2.05, 4.69) is 34.1 Å². The van der Waals surface area contributed by atoms with Crippen LogP contribution in [-0.2, 0) is 0 Å². The van der Waals surface area contributed by atoms with Crippen LogP contribution in [0.15, 0.2) is 48.5 Å². The molecule has 0 radical (unpaired) electrons. The SMILES string of the molecule is O=[N+]([O-])c1ccc(C2CCN(c3ccc(N4CCCCC4)cc3)CC2)cc1. The predicted molar refractivity (Wildman–Crippen MR) is 110 cm³/mol. The van der Waals surface area contributed by atoms with Gasteiger partial charge in [-0.2, -0.15) is 0 Å². The maximum absolute atomic E-state index is 10.8. The number of nitrogens with zero attached hydrogens (tertiary/aromatic N) is 3. The predicted octanol–water partition coefficient (Wildman–Crippen LogP) is 4.97. The van der Waals surface area contributed by atoms with Gasteiger partial charge in [0.05, 0.1) is 4.92 Å². The smallest absolute Gasteiger partial charge is 0.269 e. The first kappa shape index (κ1) is 17.8. The minimum absolute atomic E-state index is 0.171. The van der Waals surface area contributed by atoms with Crippen LogP contribution in [0.1, 0.15) is 43.6 Å². The minimum atomic E-state index is -0.333. The van der Waals surface area contributed by atoms with Gasteiger partial charge in [0.1, 0.15) is 0 Å². The van der Waals surface area contributed by atoms with E-state index in [0.717, 1.165) is 25.9 Å². The summed E-state index contributed by atoms with van der Waals surface area (Å²) in [5.74, 6) is 0.495. The molecule has 2 aromatic rings. The third-order valence-corrected chi connectivity index (χ3v) is 6.01. The van der Waals surface area contributed by atoms with Crippen LogP contribution in [0.3, 0.4) is 0 Å². The summed E-state index contributed by atoms with van der Waals surface area (Å²) >= 11 is 0. The minimum Gasteiger partial charge on any atom is -0.372 e. The molecule has 27 heavy (non-hydrogen) atoms. The first-order valence-electron chi connectivity index (χ1n) is 10.0. The zero-order valence-electron chi connectivity index (χ0n) is 15.7. The Morgan fingerprint density at radius 3 is 1.78 bits per heavy atom. The lowest BCUT2D eigenvalue weighted by atomic mass is 9.89. The molecule has 0 atom stereocenters. The highest BCUT2D eigenvalue weighted by Gasteiger charge is 2.21. The van der Waals surface area contributed by atoms with Crippen molar-refractivity contribution in [3.8, 4) is 0 Å². The van der Waals surface area contributed by atoms with Gasteiger partial charge in [0.15, 0.2) is 0 Å². The fraction of sp³-hybridized carbons (Fsp3) is 0.455. The van der Waals surface area contributed by atoms with Gasteiger partial charge in [0.2, 0.25) is 0 Å². The van der Waals surface area contributed by atoms with Crippen LogP contribution in [0.25, 0.3) is 0 Å². The molecule has 0 bridgehead atoms. The van der Waals surface area contributed by atoms with Crippen molar-refractivity contribution in [1.82, 2.24) is 0 Å². The Bertz CT molecular complexity index is 759. The van der Waals surface area contributed by atoms with Gasteiger partial charge in [-0.1, -0.05) is 12.1 Å². The largest absolute Gasteiger partial charge is 0.372 e. The number of rotatable bonds is 4. The van der Waals surface area contributed by atoms with Crippen LogP contribution < -0.4 is 9.80 Å². The Morgan fingerprint density at radius 2 is 1.26 bits per heavy atom. The third-order valence-electron chi connectivity index (χ3n) is 6.01. The van der Waals surface area contributed by atoms with Crippen molar-refractivity contribution in [1.29, 1.82) is 0 Å². The fourth-order valence-corrected chi connectivity index (χ4v) is 4.37. The van der Waals surface area contributed by atoms with Crippen LogP contribution in [0.2, 0.25) is 0 Å². The van der Waals surface area contributed by atoms with Gasteiger partial charge in [-0.15, -0.1) is 0 Å². The third kappa shape index (κ3) is 4.07. The summed E-state index contributed by atoms with van der Waals surface area (Å²) in [5, 5.41) is 10.8. The topological polar surface area (TPSA) is 49.6 Å². The fourth-order valence-electron chi connectivity index (χ4n) is 4.37. The molecular formula is C22H27N3O2. The second kappa shape index (κ2) is 7.99. The summed E-state index contributed by atoms with van der Waals surface area (Å²) in [7, 11) is 0. The molecular weight excluding hydrogens is 338 g/mol. The van der Waals surface area contributed by atoms with E-state index in [9.17, 15) is 10.1 Å². The molecule has 0 amide bonds. The highest BCUT2D eigenvalue weighted by Crippen LogP contribution is 2.32. The maximum atomic E-state index is 10.8. The molecule has 2 aliphatic rings. The van der Waals surface area contributed by atoms with Crippen LogP contribution in [-0.4, -0.2) is 31.1 Å². The Hall–Kier alpha value is -2.56. The number of piperidine rings is 2. The van der Waals surface area contributed by atoms with E-state index in [1.807, 2.05) is 12.1 Å². The lowest BCUT2D eigenvalue weighted by Gasteiger charge is -2.34. The van der Waals surface area contributed by atoms with E-state index < -0.39 is 0 Å². The normalized spacial score (nSPS) is 18.5. The van der Waals surface area contributed by atoms with E-state index in [-0.39, 0.29) is 10.6 Å². The lowest BCUT2D eigenvalue weighted by Crippen LogP contribution is -2.33. The highest BCUT2D eigenvalue weighted by molar-refractivity contribution is 5.57. The van der Waals surface area contributed by atoms with Crippen LogP contribution in [0, 0.1) is 10.1 Å². The molecule has 2 saturated heterocycles. The Labute approximate surface area is 160 Å². The van der Waals surface area contributed by atoms with E-state index in [1.54, 1.807) is 12.1 Å². The molecule has 0 N–H and O–H groups in total. The Kier molecular flexibility index (Phi) is 5.28. The van der Waals surface area contributed by atoms with E-state index in [4.69, 9.17) is 0 Å². The zero-order chi connectivity index (χ0) is 18.6. The molecule has 2 aliphatic heterocycles. The first-order chi connectivity index (χ1) is 13.2. The van der Waals surface area contributed by atoms with Crippen molar-refractivity contribution < 1.29 is 4.92 Å². The van der Waals surface area contributed by atoms with Gasteiger partial charge < -0.3 is 9.80 Å². The van der Waals surface area contributed by atoms with E-state index in [1.165, 1.54) is 49.3 Å². The summed E-state index contributed by atoms with van der Waals surface area (Å²) in [6.45, 7) is 4.43. The molecule has 0 aliphatic carbocycles. The van der Waals surface area contributed by atoms with Gasteiger partial charge in [-0.05, 0) is 67.9 Å². The average Bonchev–Trinajstić information content (AvgIpc) is 2.75. The summed E-state index contributed by atoms with van der Waals surface area (Å²) < 4.78 is 0. The van der Waals surface area contributed by atoms with Gasteiger partial charge in [-0.3, -0.25) is 10.1 Å². The van der Waals surface area contributed by atoms with Crippen molar-refractivity contribution in [2.24, 2.45) is 0 Å². The monoisotopic (exact) mass is 365 g/mol. The molecule has 2 aromatic carbocycles. The summed E-state index contributed by atoms with van der Waals surface area (Å²) in [4.78, 5) is 15.4. The van der Waals surface area contributed by atoms with Gasteiger partial charge in [-0.25, -0.2) is 0 Å². The van der Waals surface area contributed by atoms with Crippen molar-refractivity contribution in [2.45, 2.75) is 38.0 Å². The molecule has 4 rings (SSSR count). The molecule has 5 nitrogen and oxygen atoms in total. The number of nitro groups is 1. The number of benzene rings is 2. The quantitative estimate of drug-likeness (QED) is 0.567. The van der Waals surface area contributed by atoms with Crippen LogP contribution >= 0.6 is 0 Å². The second-order valence-corrected chi connectivity index (χ2v) is 7.67.